The number of aliphatic hydroxyl groups excluding tert-OH is 1. The molecule has 0 unspecified atom stereocenters. The van der Waals surface area contributed by atoms with Crippen molar-refractivity contribution >= 4 is 6.72 Å². The lowest BCUT2D eigenvalue weighted by Gasteiger charge is -2.31. The molecule has 0 aliphatic heterocycles. The van der Waals surface area contributed by atoms with E-state index < -0.39 is 0 Å². The van der Waals surface area contributed by atoms with E-state index in [9.17, 15) is 5.11 Å². The van der Waals surface area contributed by atoms with Gasteiger partial charge in [0.15, 0.2) is 0 Å². The topological polar surface area (TPSA) is 32.6 Å². The summed E-state index contributed by atoms with van der Waals surface area (Å²) in [5.41, 5.74) is 0.0548. The second kappa shape index (κ2) is 2.70. The Hall–Kier alpha value is -0.370. The van der Waals surface area contributed by atoms with Gasteiger partial charge in [0.05, 0.1) is 11.6 Å². The minimum absolute atomic E-state index is 0.0548. The highest BCUT2D eigenvalue weighted by Crippen LogP contribution is 2.30. The molecule has 10 heavy (non-hydrogen) atoms. The predicted octanol–water partition coefficient (Wildman–Crippen LogP) is 1.38. The van der Waals surface area contributed by atoms with E-state index >= 15 is 0 Å². The molecule has 0 saturated heterocycles. The Bertz CT molecular complexity index is 125. The van der Waals surface area contributed by atoms with Crippen LogP contribution in [-0.4, -0.2) is 23.5 Å². The monoisotopic (exact) mass is 141 g/mol. The molecule has 1 fully saturated rings. The van der Waals surface area contributed by atoms with Crippen molar-refractivity contribution in [2.24, 2.45) is 4.99 Å². The lowest BCUT2D eigenvalue weighted by molar-refractivity contribution is 0.103. The molecule has 1 aliphatic carbocycles. The summed E-state index contributed by atoms with van der Waals surface area (Å²) in [4.78, 5) is 4.05. The molecule has 0 spiro atoms. The Labute approximate surface area is 62.0 Å². The molecular formula is C8H15NO. The lowest BCUT2D eigenvalue weighted by atomic mass is 9.82. The van der Waals surface area contributed by atoms with Crippen LogP contribution in [0, 0.1) is 0 Å². The molecule has 1 saturated carbocycles. The van der Waals surface area contributed by atoms with Crippen molar-refractivity contribution < 1.29 is 5.11 Å². The Morgan fingerprint density at radius 1 is 1.50 bits per heavy atom. The van der Waals surface area contributed by atoms with Crippen molar-refractivity contribution in [3.63, 3.8) is 0 Å². The molecule has 1 aliphatic rings. The molecule has 0 radical (unpaired) electrons. The molecule has 0 aromatic heterocycles. The Balaban J connectivity index is 2.46. The minimum Gasteiger partial charge on any atom is -0.393 e. The number of hydrogen-bond donors (Lipinski definition) is 1. The van der Waals surface area contributed by atoms with E-state index in [1.807, 2.05) is 0 Å². The van der Waals surface area contributed by atoms with Crippen LogP contribution in [0.1, 0.15) is 32.6 Å². The number of aliphatic hydroxyl groups is 1. The highest BCUT2D eigenvalue weighted by atomic mass is 16.3. The Kier molecular flexibility index (Phi) is 2.09. The molecule has 2 nitrogen and oxygen atoms in total. The van der Waals surface area contributed by atoms with Crippen molar-refractivity contribution in [3.05, 3.63) is 0 Å². The molecular weight excluding hydrogens is 126 g/mol. The third-order valence-electron chi connectivity index (χ3n) is 2.41. The van der Waals surface area contributed by atoms with Crippen LogP contribution in [0.5, 0.6) is 0 Å². The van der Waals surface area contributed by atoms with Crippen LogP contribution >= 0.6 is 0 Å². The molecule has 0 atom stereocenters. The standard InChI is InChI=1S/C8H15NO/c1-8(9-2)5-3-7(10)4-6-8/h7,10H,2-6H2,1H3. The molecule has 58 valence electrons. The summed E-state index contributed by atoms with van der Waals surface area (Å²) in [6.45, 7) is 5.65. The zero-order chi connectivity index (χ0) is 7.61. The van der Waals surface area contributed by atoms with E-state index in [1.165, 1.54) is 0 Å². The molecule has 1 rings (SSSR count). The molecule has 0 aromatic carbocycles. The summed E-state index contributed by atoms with van der Waals surface area (Å²) in [7, 11) is 0. The minimum atomic E-state index is -0.0881. The van der Waals surface area contributed by atoms with Gasteiger partial charge >= 0.3 is 0 Å². The van der Waals surface area contributed by atoms with Crippen molar-refractivity contribution in [2.75, 3.05) is 0 Å². The second-order valence-electron chi connectivity index (χ2n) is 3.39. The van der Waals surface area contributed by atoms with E-state index in [4.69, 9.17) is 0 Å². The van der Waals surface area contributed by atoms with Gasteiger partial charge in [0, 0.05) is 0 Å². The maximum Gasteiger partial charge on any atom is 0.0574 e. The third-order valence-corrected chi connectivity index (χ3v) is 2.41. The SMILES string of the molecule is C=NC1(C)CCC(O)CC1. The summed E-state index contributed by atoms with van der Waals surface area (Å²) < 4.78 is 0. The predicted molar refractivity (Wildman–Crippen MR) is 42.4 cm³/mol. The number of aliphatic imine (C=N–C) groups is 1. The van der Waals surface area contributed by atoms with E-state index in [0.29, 0.717) is 0 Å². The third kappa shape index (κ3) is 1.57. The molecule has 0 aromatic rings. The first-order valence-electron chi connectivity index (χ1n) is 3.82. The van der Waals surface area contributed by atoms with Crippen LogP contribution < -0.4 is 0 Å². The number of hydrogen-bond acceptors (Lipinski definition) is 2. The van der Waals surface area contributed by atoms with E-state index in [0.717, 1.165) is 25.7 Å². The van der Waals surface area contributed by atoms with Crippen molar-refractivity contribution in [2.45, 2.75) is 44.2 Å². The van der Waals surface area contributed by atoms with Gasteiger partial charge in [-0.05, 0) is 39.3 Å². The van der Waals surface area contributed by atoms with Gasteiger partial charge in [0.2, 0.25) is 0 Å². The van der Waals surface area contributed by atoms with Crippen molar-refractivity contribution in [1.29, 1.82) is 0 Å². The van der Waals surface area contributed by atoms with Crippen LogP contribution in [0.2, 0.25) is 0 Å². The van der Waals surface area contributed by atoms with Crippen LogP contribution in [0.3, 0.4) is 0 Å². The molecule has 0 heterocycles. The maximum absolute atomic E-state index is 9.17. The zero-order valence-electron chi connectivity index (χ0n) is 6.51. The summed E-state index contributed by atoms with van der Waals surface area (Å²) in [5.74, 6) is 0. The fourth-order valence-electron chi connectivity index (χ4n) is 1.38. The Morgan fingerprint density at radius 3 is 2.40 bits per heavy atom. The van der Waals surface area contributed by atoms with E-state index in [2.05, 4.69) is 18.6 Å². The zero-order valence-corrected chi connectivity index (χ0v) is 6.51. The van der Waals surface area contributed by atoms with Gasteiger partial charge in [0.1, 0.15) is 0 Å². The number of rotatable bonds is 1. The van der Waals surface area contributed by atoms with E-state index in [1.54, 1.807) is 0 Å². The first-order chi connectivity index (χ1) is 4.66. The van der Waals surface area contributed by atoms with Gasteiger partial charge in [-0.25, -0.2) is 0 Å². The highest BCUT2D eigenvalue weighted by molar-refractivity contribution is 5.26. The van der Waals surface area contributed by atoms with Gasteiger partial charge in [0.25, 0.3) is 0 Å². The molecule has 2 heteroatoms. The van der Waals surface area contributed by atoms with Crippen LogP contribution in [0.4, 0.5) is 0 Å². The summed E-state index contributed by atoms with van der Waals surface area (Å²) >= 11 is 0. The van der Waals surface area contributed by atoms with Gasteiger partial charge < -0.3 is 5.11 Å². The van der Waals surface area contributed by atoms with Crippen LogP contribution in [-0.2, 0) is 0 Å². The quantitative estimate of drug-likeness (QED) is 0.550. The first-order valence-corrected chi connectivity index (χ1v) is 3.82. The van der Waals surface area contributed by atoms with Gasteiger partial charge in [-0.3, -0.25) is 4.99 Å². The van der Waals surface area contributed by atoms with Crippen molar-refractivity contribution in [1.82, 2.24) is 0 Å². The second-order valence-corrected chi connectivity index (χ2v) is 3.39. The van der Waals surface area contributed by atoms with Crippen LogP contribution in [0.25, 0.3) is 0 Å². The van der Waals surface area contributed by atoms with E-state index in [-0.39, 0.29) is 11.6 Å². The lowest BCUT2D eigenvalue weighted by Crippen LogP contribution is -2.30. The normalized spacial score (nSPS) is 41.2. The smallest absolute Gasteiger partial charge is 0.0574 e. The van der Waals surface area contributed by atoms with Gasteiger partial charge in [-0.2, -0.15) is 0 Å². The summed E-state index contributed by atoms with van der Waals surface area (Å²) in [6.07, 6.45) is 3.65. The maximum atomic E-state index is 9.17. The first kappa shape index (κ1) is 7.73. The molecule has 0 amide bonds. The molecule has 0 bridgehead atoms. The average Bonchev–Trinajstić information content (AvgIpc) is 1.96. The van der Waals surface area contributed by atoms with Crippen LogP contribution in [0.15, 0.2) is 4.99 Å². The highest BCUT2D eigenvalue weighted by Gasteiger charge is 2.28. The van der Waals surface area contributed by atoms with Gasteiger partial charge in [-0.1, -0.05) is 0 Å². The van der Waals surface area contributed by atoms with Crippen molar-refractivity contribution in [3.8, 4) is 0 Å². The molecule has 1 N–H and O–H groups in total. The Morgan fingerprint density at radius 2 is 2.00 bits per heavy atom. The number of nitrogens with zero attached hydrogens (tertiary/aromatic N) is 1. The fraction of sp³-hybridized carbons (Fsp3) is 0.875. The fourth-order valence-corrected chi connectivity index (χ4v) is 1.38. The summed E-state index contributed by atoms with van der Waals surface area (Å²) in [5, 5.41) is 9.17. The summed E-state index contributed by atoms with van der Waals surface area (Å²) in [6, 6.07) is 0. The van der Waals surface area contributed by atoms with Gasteiger partial charge in [-0.15, -0.1) is 0 Å². The average molecular weight is 141 g/mol. The largest absolute Gasteiger partial charge is 0.393 e.